The lowest BCUT2D eigenvalue weighted by Crippen LogP contribution is -2.34. The highest BCUT2D eigenvalue weighted by atomic mass is 35.5. The maximum Gasteiger partial charge on any atom is 0.137 e. The summed E-state index contributed by atoms with van der Waals surface area (Å²) in [5.74, 6) is 0.756. The van der Waals surface area contributed by atoms with Gasteiger partial charge in [0.25, 0.3) is 0 Å². The molecule has 0 bridgehead atoms. The van der Waals surface area contributed by atoms with E-state index in [1.807, 2.05) is 12.1 Å². The van der Waals surface area contributed by atoms with Crippen LogP contribution in [0.25, 0.3) is 0 Å². The molecule has 16 heavy (non-hydrogen) atoms. The normalized spacial score (nSPS) is 15.9. The van der Waals surface area contributed by atoms with Gasteiger partial charge >= 0.3 is 0 Å². The fourth-order valence-corrected chi connectivity index (χ4v) is 2.17. The van der Waals surface area contributed by atoms with E-state index in [1.165, 1.54) is 30.4 Å². The minimum absolute atomic E-state index is 0.693. The van der Waals surface area contributed by atoms with Crippen molar-refractivity contribution in [1.29, 1.82) is 0 Å². The Bertz CT molecular complexity index is 374. The second-order valence-electron chi connectivity index (χ2n) is 4.42. The van der Waals surface area contributed by atoms with Crippen LogP contribution >= 0.6 is 11.6 Å². The quantitative estimate of drug-likeness (QED) is 0.871. The standard InChI is InChI=1S/C13H18ClNO/c1-9-6-13(16-2)12(14)7-10(9)8-15-11-4-3-5-11/h6-7,11,15H,3-5,8H2,1-2H3. The Morgan fingerprint density at radius 3 is 2.75 bits per heavy atom. The van der Waals surface area contributed by atoms with Crippen LogP contribution in [-0.2, 0) is 6.54 Å². The minimum Gasteiger partial charge on any atom is -0.495 e. The van der Waals surface area contributed by atoms with Gasteiger partial charge in [0.1, 0.15) is 5.75 Å². The van der Waals surface area contributed by atoms with E-state index >= 15 is 0 Å². The summed E-state index contributed by atoms with van der Waals surface area (Å²) in [5, 5.41) is 4.23. The first-order valence-electron chi connectivity index (χ1n) is 5.77. The van der Waals surface area contributed by atoms with Crippen LogP contribution in [0.5, 0.6) is 5.75 Å². The van der Waals surface area contributed by atoms with Crippen molar-refractivity contribution in [3.8, 4) is 5.75 Å². The second kappa shape index (κ2) is 5.07. The lowest BCUT2D eigenvalue weighted by molar-refractivity contribution is 0.338. The van der Waals surface area contributed by atoms with Crippen LogP contribution in [0.1, 0.15) is 30.4 Å². The van der Waals surface area contributed by atoms with Crippen molar-refractivity contribution in [2.45, 2.75) is 38.8 Å². The lowest BCUT2D eigenvalue weighted by Gasteiger charge is -2.27. The second-order valence-corrected chi connectivity index (χ2v) is 4.83. The monoisotopic (exact) mass is 239 g/mol. The predicted molar refractivity (Wildman–Crippen MR) is 67.2 cm³/mol. The fraction of sp³-hybridized carbons (Fsp3) is 0.538. The van der Waals surface area contributed by atoms with E-state index in [0.717, 1.165) is 12.3 Å². The third-order valence-electron chi connectivity index (χ3n) is 3.30. The van der Waals surface area contributed by atoms with E-state index in [4.69, 9.17) is 16.3 Å². The zero-order valence-corrected chi connectivity index (χ0v) is 10.6. The molecule has 0 amide bonds. The Hall–Kier alpha value is -0.730. The number of hydrogen-bond acceptors (Lipinski definition) is 2. The molecule has 0 saturated heterocycles. The van der Waals surface area contributed by atoms with Crippen molar-refractivity contribution < 1.29 is 4.74 Å². The van der Waals surface area contributed by atoms with Gasteiger partial charge in [-0.05, 0) is 43.0 Å². The number of halogens is 1. The zero-order valence-electron chi connectivity index (χ0n) is 9.85. The molecule has 1 saturated carbocycles. The van der Waals surface area contributed by atoms with Gasteiger partial charge in [-0.2, -0.15) is 0 Å². The molecule has 0 spiro atoms. The lowest BCUT2D eigenvalue weighted by atomic mass is 9.93. The van der Waals surface area contributed by atoms with Crippen molar-refractivity contribution in [2.75, 3.05) is 7.11 Å². The van der Waals surface area contributed by atoms with Gasteiger partial charge in [0, 0.05) is 12.6 Å². The van der Waals surface area contributed by atoms with Gasteiger partial charge in [-0.15, -0.1) is 0 Å². The number of rotatable bonds is 4. The molecule has 2 nitrogen and oxygen atoms in total. The minimum atomic E-state index is 0.693. The topological polar surface area (TPSA) is 21.3 Å². The zero-order chi connectivity index (χ0) is 11.5. The van der Waals surface area contributed by atoms with Crippen LogP contribution < -0.4 is 10.1 Å². The molecule has 88 valence electrons. The largest absolute Gasteiger partial charge is 0.495 e. The molecule has 0 aromatic heterocycles. The summed E-state index contributed by atoms with van der Waals surface area (Å²) < 4.78 is 5.19. The molecule has 3 heteroatoms. The predicted octanol–water partition coefficient (Wildman–Crippen LogP) is 3.30. The molecule has 0 radical (unpaired) electrons. The molecule has 1 aliphatic rings. The van der Waals surface area contributed by atoms with Gasteiger partial charge < -0.3 is 10.1 Å². The van der Waals surface area contributed by atoms with E-state index in [9.17, 15) is 0 Å². The van der Waals surface area contributed by atoms with E-state index in [-0.39, 0.29) is 0 Å². The van der Waals surface area contributed by atoms with Crippen molar-refractivity contribution in [3.63, 3.8) is 0 Å². The number of aryl methyl sites for hydroxylation is 1. The average molecular weight is 240 g/mol. The number of benzene rings is 1. The summed E-state index contributed by atoms with van der Waals surface area (Å²) in [7, 11) is 1.65. The number of nitrogens with one attached hydrogen (secondary N) is 1. The highest BCUT2D eigenvalue weighted by Gasteiger charge is 2.16. The van der Waals surface area contributed by atoms with E-state index in [0.29, 0.717) is 11.1 Å². The third-order valence-corrected chi connectivity index (χ3v) is 3.59. The Labute approximate surface area is 102 Å². The summed E-state index contributed by atoms with van der Waals surface area (Å²) in [6.07, 6.45) is 3.98. The number of methoxy groups -OCH3 is 1. The van der Waals surface area contributed by atoms with Crippen LogP contribution in [0.3, 0.4) is 0 Å². The molecule has 0 heterocycles. The van der Waals surface area contributed by atoms with Gasteiger partial charge in [-0.25, -0.2) is 0 Å². The first-order chi connectivity index (χ1) is 7.70. The van der Waals surface area contributed by atoms with E-state index < -0.39 is 0 Å². The summed E-state index contributed by atoms with van der Waals surface area (Å²) in [4.78, 5) is 0. The van der Waals surface area contributed by atoms with Crippen molar-refractivity contribution in [3.05, 3.63) is 28.3 Å². The van der Waals surface area contributed by atoms with Crippen LogP contribution in [-0.4, -0.2) is 13.2 Å². The van der Waals surface area contributed by atoms with Crippen LogP contribution in [0, 0.1) is 6.92 Å². The van der Waals surface area contributed by atoms with Crippen molar-refractivity contribution in [2.24, 2.45) is 0 Å². The molecular formula is C13H18ClNO. The Morgan fingerprint density at radius 2 is 2.19 bits per heavy atom. The van der Waals surface area contributed by atoms with Gasteiger partial charge in [0.15, 0.2) is 0 Å². The highest BCUT2D eigenvalue weighted by molar-refractivity contribution is 6.32. The van der Waals surface area contributed by atoms with Gasteiger partial charge in [0.2, 0.25) is 0 Å². The smallest absolute Gasteiger partial charge is 0.137 e. The maximum atomic E-state index is 6.11. The van der Waals surface area contributed by atoms with E-state index in [1.54, 1.807) is 7.11 Å². The summed E-state index contributed by atoms with van der Waals surface area (Å²) in [5.41, 5.74) is 2.49. The Balaban J connectivity index is 2.04. The first kappa shape index (κ1) is 11.7. The fourth-order valence-electron chi connectivity index (χ4n) is 1.91. The molecule has 0 unspecified atom stereocenters. The summed E-state index contributed by atoms with van der Waals surface area (Å²) >= 11 is 6.11. The molecule has 1 fully saturated rings. The first-order valence-corrected chi connectivity index (χ1v) is 6.15. The van der Waals surface area contributed by atoms with Crippen molar-refractivity contribution >= 4 is 11.6 Å². The van der Waals surface area contributed by atoms with E-state index in [2.05, 4.69) is 12.2 Å². The highest BCUT2D eigenvalue weighted by Crippen LogP contribution is 2.28. The molecular weight excluding hydrogens is 222 g/mol. The molecule has 1 aliphatic carbocycles. The van der Waals surface area contributed by atoms with Crippen LogP contribution in [0.4, 0.5) is 0 Å². The Morgan fingerprint density at radius 1 is 1.44 bits per heavy atom. The van der Waals surface area contributed by atoms with Crippen LogP contribution in [0.2, 0.25) is 5.02 Å². The molecule has 2 rings (SSSR count). The summed E-state index contributed by atoms with van der Waals surface area (Å²) in [6, 6.07) is 4.71. The van der Waals surface area contributed by atoms with Gasteiger partial charge in [0.05, 0.1) is 12.1 Å². The Kier molecular flexibility index (Phi) is 3.72. The molecule has 1 aromatic carbocycles. The number of hydrogen-bond donors (Lipinski definition) is 1. The van der Waals surface area contributed by atoms with Crippen LogP contribution in [0.15, 0.2) is 12.1 Å². The van der Waals surface area contributed by atoms with Gasteiger partial charge in [-0.3, -0.25) is 0 Å². The molecule has 1 N–H and O–H groups in total. The third kappa shape index (κ3) is 2.50. The summed E-state index contributed by atoms with van der Waals surface area (Å²) in [6.45, 7) is 3.00. The molecule has 1 aromatic rings. The van der Waals surface area contributed by atoms with Crippen molar-refractivity contribution in [1.82, 2.24) is 5.32 Å². The molecule has 0 aliphatic heterocycles. The van der Waals surface area contributed by atoms with Gasteiger partial charge in [-0.1, -0.05) is 18.0 Å². The SMILES string of the molecule is COc1cc(C)c(CNC2CCC2)cc1Cl. The number of ether oxygens (including phenoxy) is 1. The molecule has 0 atom stereocenters. The average Bonchev–Trinajstić information content (AvgIpc) is 2.20. The maximum absolute atomic E-state index is 6.11.